The van der Waals surface area contributed by atoms with Gasteiger partial charge in [0.2, 0.25) is 10.9 Å². The Balaban J connectivity index is 1.64. The van der Waals surface area contributed by atoms with Gasteiger partial charge in [-0.05, 0) is 73.7 Å². The van der Waals surface area contributed by atoms with Crippen LogP contribution in [-0.4, -0.2) is 51.5 Å². The molecule has 9 atom stereocenters. The second-order valence-electron chi connectivity index (χ2n) is 11.1. The standard InChI is InChI=1S/C27H29F3O6S/c1-14-9-16-17-11-19(29)18-10-15(31)6-7-24(18,2)26(17,30)21(32)12-25(16,3)27(14,23(34)37-13-28)36-22(33)20-5-4-8-35-20/h4-8,10,14,16-17,19,21,32H,9,11-13H2,1-3H3/t14-,16-,17-,19-,21-,24-,25-,26-,27-/m0/s1. The fraction of sp³-hybridized carbons (Fsp3) is 0.593. The Hall–Kier alpha value is -2.33. The highest BCUT2D eigenvalue weighted by atomic mass is 32.2. The van der Waals surface area contributed by atoms with E-state index in [1.54, 1.807) is 13.8 Å². The van der Waals surface area contributed by atoms with Crippen LogP contribution in [0.15, 0.2) is 46.6 Å². The van der Waals surface area contributed by atoms with Crippen LogP contribution >= 0.6 is 11.8 Å². The molecule has 0 saturated heterocycles. The average molecular weight is 539 g/mol. The maximum Gasteiger partial charge on any atom is 0.375 e. The Morgan fingerprint density at radius 2 is 2.00 bits per heavy atom. The molecule has 5 rings (SSSR count). The van der Waals surface area contributed by atoms with Crippen molar-refractivity contribution >= 4 is 28.6 Å². The number of allylic oxidation sites excluding steroid dienone is 4. The smallest absolute Gasteiger partial charge is 0.375 e. The van der Waals surface area contributed by atoms with E-state index in [2.05, 4.69) is 0 Å². The Bertz CT molecular complexity index is 1200. The molecule has 1 aromatic rings. The summed E-state index contributed by atoms with van der Waals surface area (Å²) in [5, 5.41) is 10.7. The number of ether oxygens (including phenoxy) is 1. The SMILES string of the molecule is C[C@H]1C[C@H]2[C@@H]3C[C@H](F)C4=CC(=O)C=C[C@]4(C)[C@@]3(F)[C@@H](O)C[C@]2(C)[C@@]1(OC(=O)c1ccco1)C(=O)SCF. The molecule has 0 bridgehead atoms. The number of esters is 1. The van der Waals surface area contributed by atoms with Gasteiger partial charge in [0.15, 0.2) is 17.1 Å². The first-order valence-corrected chi connectivity index (χ1v) is 13.3. The summed E-state index contributed by atoms with van der Waals surface area (Å²) in [4.78, 5) is 38.7. The molecule has 4 aliphatic carbocycles. The van der Waals surface area contributed by atoms with Gasteiger partial charge >= 0.3 is 5.97 Å². The number of rotatable bonds is 4. The van der Waals surface area contributed by atoms with Gasteiger partial charge < -0.3 is 14.3 Å². The lowest BCUT2D eigenvalue weighted by Crippen LogP contribution is -2.70. The number of hydrogen-bond donors (Lipinski definition) is 1. The molecule has 0 unspecified atom stereocenters. The minimum Gasteiger partial charge on any atom is -0.457 e. The van der Waals surface area contributed by atoms with Crippen molar-refractivity contribution in [1.82, 2.24) is 0 Å². The molecule has 0 aromatic carbocycles. The number of furan rings is 1. The van der Waals surface area contributed by atoms with Crippen LogP contribution in [0.3, 0.4) is 0 Å². The Kier molecular flexibility index (Phi) is 6.10. The van der Waals surface area contributed by atoms with Gasteiger partial charge in [-0.2, -0.15) is 0 Å². The second kappa shape index (κ2) is 8.59. The maximum atomic E-state index is 17.4. The number of alkyl halides is 3. The molecule has 0 spiro atoms. The lowest BCUT2D eigenvalue weighted by atomic mass is 9.44. The van der Waals surface area contributed by atoms with Crippen molar-refractivity contribution in [2.24, 2.45) is 28.6 Å². The molecule has 200 valence electrons. The van der Waals surface area contributed by atoms with Crippen molar-refractivity contribution in [3.8, 4) is 0 Å². The Morgan fingerprint density at radius 3 is 2.65 bits per heavy atom. The van der Waals surface area contributed by atoms with Crippen LogP contribution < -0.4 is 0 Å². The van der Waals surface area contributed by atoms with Gasteiger partial charge in [0.25, 0.3) is 0 Å². The van der Waals surface area contributed by atoms with Gasteiger partial charge in [0.05, 0.1) is 12.4 Å². The zero-order valence-corrected chi connectivity index (χ0v) is 21.5. The van der Waals surface area contributed by atoms with Crippen LogP contribution in [0.5, 0.6) is 0 Å². The quantitative estimate of drug-likeness (QED) is 0.544. The first kappa shape index (κ1) is 26.3. The van der Waals surface area contributed by atoms with Gasteiger partial charge in [0.1, 0.15) is 12.2 Å². The van der Waals surface area contributed by atoms with Gasteiger partial charge in [0, 0.05) is 22.7 Å². The van der Waals surface area contributed by atoms with E-state index in [9.17, 15) is 23.9 Å². The molecular weight excluding hydrogens is 509 g/mol. The molecule has 37 heavy (non-hydrogen) atoms. The van der Waals surface area contributed by atoms with E-state index in [1.807, 2.05) is 0 Å². The highest BCUT2D eigenvalue weighted by Crippen LogP contribution is 2.72. The zero-order valence-electron chi connectivity index (χ0n) is 20.7. The maximum absolute atomic E-state index is 17.4. The minimum atomic E-state index is -2.35. The number of aliphatic hydroxyl groups excluding tert-OH is 1. The third kappa shape index (κ3) is 3.27. The molecule has 4 aliphatic rings. The minimum absolute atomic E-state index is 0.00739. The molecule has 1 N–H and O–H groups in total. The summed E-state index contributed by atoms with van der Waals surface area (Å²) in [5.74, 6) is -3.98. The Morgan fingerprint density at radius 1 is 1.27 bits per heavy atom. The summed E-state index contributed by atoms with van der Waals surface area (Å²) in [6.07, 6.45) is 1.16. The normalized spacial score (nSPS) is 44.5. The summed E-state index contributed by atoms with van der Waals surface area (Å²) < 4.78 is 57.5. The van der Waals surface area contributed by atoms with Crippen LogP contribution in [0.2, 0.25) is 0 Å². The number of carbonyl (C=O) groups excluding carboxylic acids is 3. The highest BCUT2D eigenvalue weighted by Gasteiger charge is 2.78. The van der Waals surface area contributed by atoms with Crippen molar-refractivity contribution in [2.45, 2.75) is 63.6 Å². The lowest BCUT2D eigenvalue weighted by molar-refractivity contribution is -0.221. The van der Waals surface area contributed by atoms with Gasteiger partial charge in [-0.1, -0.05) is 19.9 Å². The number of carbonyl (C=O) groups is 3. The van der Waals surface area contributed by atoms with Crippen LogP contribution in [0.1, 0.15) is 50.6 Å². The molecule has 1 heterocycles. The number of thioether (sulfide) groups is 1. The van der Waals surface area contributed by atoms with E-state index in [1.165, 1.54) is 37.5 Å². The van der Waals surface area contributed by atoms with E-state index in [-0.39, 0.29) is 30.6 Å². The molecule has 10 heteroatoms. The lowest BCUT2D eigenvalue weighted by Gasteiger charge is -2.63. The number of halogens is 3. The van der Waals surface area contributed by atoms with Gasteiger partial charge in [-0.3, -0.25) is 9.59 Å². The van der Waals surface area contributed by atoms with Gasteiger partial charge in [-0.15, -0.1) is 0 Å². The van der Waals surface area contributed by atoms with E-state index in [4.69, 9.17) is 9.15 Å². The average Bonchev–Trinajstić information content (AvgIpc) is 3.45. The molecule has 6 nitrogen and oxygen atoms in total. The van der Waals surface area contributed by atoms with Crippen LogP contribution in [0, 0.1) is 28.6 Å². The van der Waals surface area contributed by atoms with Crippen molar-refractivity contribution < 1.29 is 41.8 Å². The van der Waals surface area contributed by atoms with E-state index >= 15 is 8.78 Å². The molecule has 0 amide bonds. The number of ketones is 1. The first-order chi connectivity index (χ1) is 17.4. The van der Waals surface area contributed by atoms with Crippen molar-refractivity contribution in [3.05, 3.63) is 48.0 Å². The zero-order chi connectivity index (χ0) is 27.0. The fourth-order valence-corrected chi connectivity index (χ4v) is 8.76. The second-order valence-corrected chi connectivity index (χ2v) is 12.0. The highest BCUT2D eigenvalue weighted by molar-refractivity contribution is 8.13. The monoisotopic (exact) mass is 538 g/mol. The summed E-state index contributed by atoms with van der Waals surface area (Å²) in [7, 11) is 0. The molecule has 0 radical (unpaired) electrons. The fourth-order valence-electron chi connectivity index (χ4n) is 7.97. The summed E-state index contributed by atoms with van der Waals surface area (Å²) in [6.45, 7) is 4.79. The number of aliphatic hydroxyl groups is 1. The van der Waals surface area contributed by atoms with E-state index in [0.29, 0.717) is 11.8 Å². The molecule has 3 fully saturated rings. The van der Waals surface area contributed by atoms with Crippen LogP contribution in [0.4, 0.5) is 13.2 Å². The van der Waals surface area contributed by atoms with E-state index < -0.39 is 75.0 Å². The largest absolute Gasteiger partial charge is 0.457 e. The van der Waals surface area contributed by atoms with Crippen LogP contribution in [-0.2, 0) is 14.3 Å². The molecular formula is C27H29F3O6S. The summed E-state index contributed by atoms with van der Waals surface area (Å²) in [5.41, 5.74) is -7.19. The molecule has 3 saturated carbocycles. The van der Waals surface area contributed by atoms with Crippen molar-refractivity contribution in [3.63, 3.8) is 0 Å². The predicted molar refractivity (Wildman–Crippen MR) is 129 cm³/mol. The predicted octanol–water partition coefficient (Wildman–Crippen LogP) is 4.93. The van der Waals surface area contributed by atoms with Crippen molar-refractivity contribution in [2.75, 3.05) is 6.01 Å². The van der Waals surface area contributed by atoms with Gasteiger partial charge in [-0.25, -0.2) is 18.0 Å². The topological polar surface area (TPSA) is 93.8 Å². The number of fused-ring (bicyclic) bond motifs is 5. The number of hydrogen-bond acceptors (Lipinski definition) is 7. The van der Waals surface area contributed by atoms with Crippen LogP contribution in [0.25, 0.3) is 0 Å². The third-order valence-electron chi connectivity index (χ3n) is 9.63. The molecule has 0 aliphatic heterocycles. The van der Waals surface area contributed by atoms with Crippen molar-refractivity contribution in [1.29, 1.82) is 0 Å². The third-order valence-corrected chi connectivity index (χ3v) is 10.3. The molecule has 1 aromatic heterocycles. The summed E-state index contributed by atoms with van der Waals surface area (Å²) in [6, 6.07) is 1.78. The van der Waals surface area contributed by atoms with E-state index in [0.717, 1.165) is 6.08 Å². The first-order valence-electron chi connectivity index (χ1n) is 12.3. The Labute approximate surface area is 216 Å². The summed E-state index contributed by atoms with van der Waals surface area (Å²) >= 11 is 0.352.